The third-order valence-electron chi connectivity index (χ3n) is 1.47. The van der Waals surface area contributed by atoms with Crippen LogP contribution in [-0.4, -0.2) is 11.5 Å². The highest BCUT2D eigenvalue weighted by Gasteiger charge is 1.94. The third-order valence-corrected chi connectivity index (χ3v) is 1.47. The smallest absolute Gasteiger partial charge is 0.186 e. The molecule has 1 aromatic rings. The average molecular weight is 152 g/mol. The maximum Gasteiger partial charge on any atom is 0.186 e. The molecule has 1 aromatic heterocycles. The molecule has 0 atom stereocenters. The minimum atomic E-state index is 0.0877. The zero-order chi connectivity index (χ0) is 8.10. The largest absolute Gasteiger partial charge is 0.367 e. The third kappa shape index (κ3) is 2.20. The van der Waals surface area contributed by atoms with E-state index in [4.69, 9.17) is 0 Å². The van der Waals surface area contributed by atoms with Crippen molar-refractivity contribution in [2.45, 2.75) is 13.5 Å². The van der Waals surface area contributed by atoms with Gasteiger partial charge in [0.25, 0.3) is 0 Å². The van der Waals surface area contributed by atoms with Gasteiger partial charge in [0.05, 0.1) is 0 Å². The fourth-order valence-electron chi connectivity index (χ4n) is 0.848. The summed E-state index contributed by atoms with van der Waals surface area (Å²) >= 11 is 0. The lowest BCUT2D eigenvalue weighted by Crippen LogP contribution is -2.18. The summed E-state index contributed by atoms with van der Waals surface area (Å²) in [5.74, 6) is 0. The van der Waals surface area contributed by atoms with Crippen molar-refractivity contribution >= 4 is 0 Å². The van der Waals surface area contributed by atoms with E-state index >= 15 is 0 Å². The fourth-order valence-corrected chi connectivity index (χ4v) is 0.848. The van der Waals surface area contributed by atoms with E-state index in [2.05, 4.69) is 10.3 Å². The van der Waals surface area contributed by atoms with E-state index < -0.39 is 0 Å². The summed E-state index contributed by atoms with van der Waals surface area (Å²) in [6, 6.07) is 1.53. The molecule has 2 N–H and O–H groups in total. The highest BCUT2D eigenvalue weighted by Crippen LogP contribution is 1.85. The number of H-pyrrole nitrogens is 1. The first-order valence-corrected chi connectivity index (χ1v) is 3.71. The first kappa shape index (κ1) is 8.01. The molecule has 60 valence electrons. The van der Waals surface area contributed by atoms with E-state index in [9.17, 15) is 4.79 Å². The van der Waals surface area contributed by atoms with Gasteiger partial charge in [0.1, 0.15) is 0 Å². The molecule has 1 rings (SSSR count). The summed E-state index contributed by atoms with van der Waals surface area (Å²) in [7, 11) is 0. The maximum absolute atomic E-state index is 11.1. The van der Waals surface area contributed by atoms with Crippen LogP contribution in [0.3, 0.4) is 0 Å². The van der Waals surface area contributed by atoms with Gasteiger partial charge in [0.15, 0.2) is 5.43 Å². The van der Waals surface area contributed by atoms with Gasteiger partial charge in [-0.25, -0.2) is 0 Å². The molecule has 0 bridgehead atoms. The second-order valence-corrected chi connectivity index (χ2v) is 2.31. The summed E-state index contributed by atoms with van der Waals surface area (Å²) in [6.07, 6.45) is 3.36. The van der Waals surface area contributed by atoms with Crippen LogP contribution < -0.4 is 10.7 Å². The van der Waals surface area contributed by atoms with Gasteiger partial charge < -0.3 is 10.3 Å². The van der Waals surface area contributed by atoms with E-state index in [0.29, 0.717) is 6.54 Å². The van der Waals surface area contributed by atoms with E-state index in [1.54, 1.807) is 12.4 Å². The van der Waals surface area contributed by atoms with Gasteiger partial charge in [-0.1, -0.05) is 6.92 Å². The second kappa shape index (κ2) is 3.93. The Labute approximate surface area is 65.5 Å². The molecule has 3 heteroatoms. The minimum Gasteiger partial charge on any atom is -0.367 e. The molecule has 0 amide bonds. The van der Waals surface area contributed by atoms with Crippen molar-refractivity contribution in [3.05, 3.63) is 34.2 Å². The molecule has 0 aliphatic heterocycles. The highest BCUT2D eigenvalue weighted by molar-refractivity contribution is 5.08. The topological polar surface area (TPSA) is 44.9 Å². The second-order valence-electron chi connectivity index (χ2n) is 2.31. The zero-order valence-electron chi connectivity index (χ0n) is 6.55. The molecular weight excluding hydrogens is 140 g/mol. The van der Waals surface area contributed by atoms with Crippen LogP contribution in [0.2, 0.25) is 0 Å². The number of hydrogen-bond donors (Lipinski definition) is 2. The fraction of sp³-hybridized carbons (Fsp3) is 0.375. The van der Waals surface area contributed by atoms with Crippen LogP contribution in [0.15, 0.2) is 23.3 Å². The number of aromatic amines is 1. The first-order valence-electron chi connectivity index (χ1n) is 3.71. The van der Waals surface area contributed by atoms with Gasteiger partial charge in [-0.3, -0.25) is 4.79 Å². The van der Waals surface area contributed by atoms with Crippen molar-refractivity contribution in [2.24, 2.45) is 0 Å². The van der Waals surface area contributed by atoms with E-state index in [1.165, 1.54) is 6.07 Å². The summed E-state index contributed by atoms with van der Waals surface area (Å²) < 4.78 is 0. The van der Waals surface area contributed by atoms with Crippen LogP contribution in [0.1, 0.15) is 12.5 Å². The number of aromatic nitrogens is 1. The van der Waals surface area contributed by atoms with Gasteiger partial charge in [0, 0.05) is 30.6 Å². The van der Waals surface area contributed by atoms with E-state index in [-0.39, 0.29) is 5.43 Å². The standard InChI is InChI=1S/C8H12N2O/c1-2-9-5-7-6-10-4-3-8(7)11/h3-4,6,9H,2,5H2,1H3,(H,10,11). The molecule has 0 radical (unpaired) electrons. The molecule has 0 saturated carbocycles. The number of nitrogens with one attached hydrogen (secondary N) is 2. The Hall–Kier alpha value is -1.09. The normalized spacial score (nSPS) is 9.91. The van der Waals surface area contributed by atoms with Crippen LogP contribution >= 0.6 is 0 Å². The van der Waals surface area contributed by atoms with Crippen LogP contribution in [-0.2, 0) is 6.54 Å². The van der Waals surface area contributed by atoms with Gasteiger partial charge >= 0.3 is 0 Å². The molecule has 0 aromatic carbocycles. The number of rotatable bonds is 3. The van der Waals surface area contributed by atoms with Gasteiger partial charge in [-0.05, 0) is 6.54 Å². The van der Waals surface area contributed by atoms with E-state index in [0.717, 1.165) is 12.1 Å². The Morgan fingerprint density at radius 3 is 3.09 bits per heavy atom. The monoisotopic (exact) mass is 152 g/mol. The predicted molar refractivity (Wildman–Crippen MR) is 44.4 cm³/mol. The van der Waals surface area contributed by atoms with Crippen molar-refractivity contribution in [2.75, 3.05) is 6.54 Å². The number of hydrogen-bond acceptors (Lipinski definition) is 2. The lowest BCUT2D eigenvalue weighted by molar-refractivity contribution is 0.721. The van der Waals surface area contributed by atoms with Gasteiger partial charge in [-0.15, -0.1) is 0 Å². The molecule has 3 nitrogen and oxygen atoms in total. The number of pyridine rings is 1. The van der Waals surface area contributed by atoms with Crippen LogP contribution in [0.4, 0.5) is 0 Å². The lowest BCUT2D eigenvalue weighted by atomic mass is 10.3. The molecule has 0 unspecified atom stereocenters. The van der Waals surface area contributed by atoms with Crippen LogP contribution in [0.25, 0.3) is 0 Å². The van der Waals surface area contributed by atoms with Crippen molar-refractivity contribution < 1.29 is 0 Å². The average Bonchev–Trinajstić information content (AvgIpc) is 2.03. The van der Waals surface area contributed by atoms with Gasteiger partial charge in [0.2, 0.25) is 0 Å². The predicted octanol–water partition coefficient (Wildman–Crippen LogP) is 0.484. The Morgan fingerprint density at radius 1 is 1.64 bits per heavy atom. The van der Waals surface area contributed by atoms with Crippen molar-refractivity contribution in [1.29, 1.82) is 0 Å². The Morgan fingerprint density at radius 2 is 2.45 bits per heavy atom. The van der Waals surface area contributed by atoms with Crippen LogP contribution in [0.5, 0.6) is 0 Å². The molecule has 0 spiro atoms. The lowest BCUT2D eigenvalue weighted by Gasteiger charge is -1.98. The Kier molecular flexibility index (Phi) is 2.86. The molecule has 11 heavy (non-hydrogen) atoms. The summed E-state index contributed by atoms with van der Waals surface area (Å²) in [5.41, 5.74) is 0.874. The summed E-state index contributed by atoms with van der Waals surface area (Å²) in [6.45, 7) is 3.54. The Bertz CT molecular complexity index is 267. The molecule has 0 aliphatic carbocycles. The Balaban J connectivity index is 2.70. The van der Waals surface area contributed by atoms with Crippen molar-refractivity contribution in [1.82, 2.24) is 10.3 Å². The van der Waals surface area contributed by atoms with Gasteiger partial charge in [-0.2, -0.15) is 0 Å². The van der Waals surface area contributed by atoms with E-state index in [1.807, 2.05) is 6.92 Å². The molecule has 0 aliphatic rings. The molecular formula is C8H12N2O. The molecule has 1 heterocycles. The molecule has 0 saturated heterocycles. The zero-order valence-corrected chi connectivity index (χ0v) is 6.55. The quantitative estimate of drug-likeness (QED) is 0.661. The van der Waals surface area contributed by atoms with Crippen LogP contribution in [0, 0.1) is 0 Å². The summed E-state index contributed by atoms with van der Waals surface area (Å²) in [4.78, 5) is 13.9. The first-order chi connectivity index (χ1) is 5.34. The van der Waals surface area contributed by atoms with Crippen molar-refractivity contribution in [3.8, 4) is 0 Å². The molecule has 0 fully saturated rings. The minimum absolute atomic E-state index is 0.0877. The van der Waals surface area contributed by atoms with Crippen molar-refractivity contribution in [3.63, 3.8) is 0 Å². The highest BCUT2D eigenvalue weighted by atomic mass is 16.1. The summed E-state index contributed by atoms with van der Waals surface area (Å²) in [5, 5.41) is 3.09. The SMILES string of the molecule is CCNCc1c[nH]ccc1=O. The maximum atomic E-state index is 11.1.